The summed E-state index contributed by atoms with van der Waals surface area (Å²) >= 11 is 0. The Hall–Kier alpha value is -4.18. The van der Waals surface area contributed by atoms with Crippen molar-refractivity contribution in [3.8, 4) is 0 Å². The highest BCUT2D eigenvalue weighted by molar-refractivity contribution is 6.14. The Bertz CT molecular complexity index is 1350. The zero-order valence-corrected chi connectivity index (χ0v) is 23.9. The van der Waals surface area contributed by atoms with Gasteiger partial charge in [-0.1, -0.05) is 31.2 Å². The van der Waals surface area contributed by atoms with E-state index in [1.54, 1.807) is 90.1 Å². The Kier molecular flexibility index (Phi) is 9.04. The predicted molar refractivity (Wildman–Crippen MR) is 153 cm³/mol. The van der Waals surface area contributed by atoms with E-state index in [1.165, 1.54) is 6.20 Å². The van der Waals surface area contributed by atoms with Crippen molar-refractivity contribution >= 4 is 40.4 Å². The van der Waals surface area contributed by atoms with Crippen LogP contribution in [-0.2, 0) is 14.3 Å². The Balaban J connectivity index is 1.99. The van der Waals surface area contributed by atoms with Gasteiger partial charge in [0.2, 0.25) is 0 Å². The Labute approximate surface area is 233 Å². The summed E-state index contributed by atoms with van der Waals surface area (Å²) in [6.07, 6.45) is -0.429. The number of hydrogen-bond acceptors (Lipinski definition) is 8. The van der Waals surface area contributed by atoms with Gasteiger partial charge in [0.15, 0.2) is 11.9 Å². The van der Waals surface area contributed by atoms with Crippen molar-refractivity contribution in [2.45, 2.75) is 71.6 Å². The molecule has 0 fully saturated rings. The van der Waals surface area contributed by atoms with Gasteiger partial charge in [0, 0.05) is 29.8 Å². The van der Waals surface area contributed by atoms with Gasteiger partial charge >= 0.3 is 18.2 Å². The van der Waals surface area contributed by atoms with Crippen molar-refractivity contribution in [1.29, 1.82) is 0 Å². The smallest absolute Gasteiger partial charge is 0.425 e. The number of carboxylic acids is 1. The van der Waals surface area contributed by atoms with Crippen LogP contribution in [0.3, 0.4) is 0 Å². The zero-order chi connectivity index (χ0) is 29.8. The maximum absolute atomic E-state index is 13.1. The van der Waals surface area contributed by atoms with Gasteiger partial charge in [0.05, 0.1) is 0 Å². The van der Waals surface area contributed by atoms with Gasteiger partial charge in [-0.05, 0) is 82.3 Å². The van der Waals surface area contributed by atoms with Crippen LogP contribution in [0.4, 0.5) is 21.1 Å². The predicted octanol–water partition coefficient (Wildman–Crippen LogP) is 6.25. The third kappa shape index (κ3) is 7.69. The third-order valence-corrected chi connectivity index (χ3v) is 5.78. The van der Waals surface area contributed by atoms with E-state index < -0.39 is 35.4 Å². The molecule has 3 aromatic rings. The van der Waals surface area contributed by atoms with E-state index in [4.69, 9.17) is 9.47 Å². The number of hydrogen-bond donors (Lipinski definition) is 3. The lowest BCUT2D eigenvalue weighted by Gasteiger charge is -2.28. The maximum Gasteiger partial charge on any atom is 0.425 e. The first-order valence-electron chi connectivity index (χ1n) is 12.9. The second-order valence-electron chi connectivity index (χ2n) is 11.5. The van der Waals surface area contributed by atoms with Crippen LogP contribution >= 0.6 is 0 Å². The molecule has 0 spiro atoms. The number of fused-ring (bicyclic) bond motifs is 1. The second kappa shape index (κ2) is 11.9. The molecule has 0 aliphatic rings. The van der Waals surface area contributed by atoms with Gasteiger partial charge in [-0.2, -0.15) is 4.90 Å². The Morgan fingerprint density at radius 3 is 1.95 bits per heavy atom. The fourth-order valence-corrected chi connectivity index (χ4v) is 3.87. The van der Waals surface area contributed by atoms with Crippen LogP contribution in [0.2, 0.25) is 0 Å². The first kappa shape index (κ1) is 30.4. The molecule has 40 heavy (non-hydrogen) atoms. The maximum atomic E-state index is 13.1. The van der Waals surface area contributed by atoms with E-state index in [-0.39, 0.29) is 18.3 Å². The molecule has 0 saturated heterocycles. The lowest BCUT2D eigenvalue weighted by atomic mass is 9.98. The number of amides is 2. The summed E-state index contributed by atoms with van der Waals surface area (Å²) in [7, 11) is 0. The highest BCUT2D eigenvalue weighted by Gasteiger charge is 2.34. The summed E-state index contributed by atoms with van der Waals surface area (Å²) in [5.74, 6) is -1.11. The summed E-state index contributed by atoms with van der Waals surface area (Å²) in [5, 5.41) is 23.4. The SMILES string of the molecule is C[C@@H](CO)c1ccc(C(Nc2ccc3c(N(C(=O)OC(C)(C)C)C(=O)OC(C)(C)C)nccc3c2)C(=O)O)cc1. The van der Waals surface area contributed by atoms with Crippen molar-refractivity contribution in [1.82, 2.24) is 4.98 Å². The van der Waals surface area contributed by atoms with E-state index in [1.807, 2.05) is 6.92 Å². The number of benzene rings is 2. The molecule has 1 aromatic heterocycles. The highest BCUT2D eigenvalue weighted by Crippen LogP contribution is 2.31. The molecule has 3 N–H and O–H groups in total. The average molecular weight is 552 g/mol. The van der Waals surface area contributed by atoms with Gasteiger partial charge in [0.1, 0.15) is 11.2 Å². The number of aliphatic carboxylic acids is 1. The van der Waals surface area contributed by atoms with E-state index in [9.17, 15) is 24.6 Å². The Morgan fingerprint density at radius 1 is 0.900 bits per heavy atom. The van der Waals surface area contributed by atoms with Crippen molar-refractivity contribution in [3.05, 3.63) is 65.9 Å². The lowest BCUT2D eigenvalue weighted by molar-refractivity contribution is -0.138. The minimum atomic E-state index is -1.07. The number of pyridine rings is 1. The van der Waals surface area contributed by atoms with Crippen LogP contribution in [0.1, 0.15) is 71.6 Å². The van der Waals surface area contributed by atoms with Gasteiger partial charge in [-0.25, -0.2) is 19.4 Å². The number of carbonyl (C=O) groups excluding carboxylic acids is 2. The first-order valence-corrected chi connectivity index (χ1v) is 12.9. The molecule has 2 aromatic carbocycles. The minimum absolute atomic E-state index is 0.00677. The molecule has 0 saturated carbocycles. The van der Waals surface area contributed by atoms with Gasteiger partial charge < -0.3 is 25.0 Å². The number of ether oxygens (including phenoxy) is 2. The third-order valence-electron chi connectivity index (χ3n) is 5.78. The Morgan fingerprint density at radius 2 is 1.45 bits per heavy atom. The quantitative estimate of drug-likeness (QED) is 0.311. The molecule has 2 amide bonds. The average Bonchev–Trinajstić information content (AvgIpc) is 2.84. The van der Waals surface area contributed by atoms with Crippen molar-refractivity contribution in [2.24, 2.45) is 0 Å². The molecule has 0 bridgehead atoms. The standard InChI is InChI=1S/C30H37N3O7/c1-18(17-34)19-8-10-20(11-9-19)24(26(35)36)32-22-12-13-23-21(16-22)14-15-31-25(23)33(27(37)39-29(2,3)4)28(38)40-30(5,6)7/h8-16,18,24,32,34H,17H2,1-7H3,(H,35,36)/t18-,24?/m0/s1. The topological polar surface area (TPSA) is 138 Å². The number of aliphatic hydroxyl groups excluding tert-OH is 1. The molecule has 3 rings (SSSR count). The fraction of sp³-hybridized carbons (Fsp3) is 0.400. The van der Waals surface area contributed by atoms with Crippen LogP contribution in [0.15, 0.2) is 54.7 Å². The fourth-order valence-electron chi connectivity index (χ4n) is 3.87. The number of carboxylic acid groups (broad SMARTS) is 1. The molecule has 214 valence electrons. The van der Waals surface area contributed by atoms with Gasteiger partial charge in [-0.3, -0.25) is 0 Å². The molecule has 0 aliphatic heterocycles. The number of aromatic nitrogens is 1. The molecular weight excluding hydrogens is 514 g/mol. The summed E-state index contributed by atoms with van der Waals surface area (Å²) in [5.41, 5.74) is 0.197. The minimum Gasteiger partial charge on any atom is -0.479 e. The van der Waals surface area contributed by atoms with Crippen molar-refractivity contribution in [3.63, 3.8) is 0 Å². The van der Waals surface area contributed by atoms with Crippen molar-refractivity contribution in [2.75, 3.05) is 16.8 Å². The van der Waals surface area contributed by atoms with E-state index in [0.717, 1.165) is 10.5 Å². The monoisotopic (exact) mass is 551 g/mol. The van der Waals surface area contributed by atoms with Gasteiger partial charge in [0.25, 0.3) is 0 Å². The van der Waals surface area contributed by atoms with Crippen LogP contribution in [0.25, 0.3) is 10.8 Å². The van der Waals surface area contributed by atoms with E-state index in [0.29, 0.717) is 22.0 Å². The van der Waals surface area contributed by atoms with Crippen LogP contribution in [0, 0.1) is 0 Å². The molecular formula is C30H37N3O7. The number of carbonyl (C=O) groups is 3. The first-order chi connectivity index (χ1) is 18.6. The number of imide groups is 1. The molecule has 10 nitrogen and oxygen atoms in total. The number of anilines is 2. The summed E-state index contributed by atoms with van der Waals surface area (Å²) < 4.78 is 11.0. The molecule has 0 radical (unpaired) electrons. The highest BCUT2D eigenvalue weighted by atomic mass is 16.6. The van der Waals surface area contributed by atoms with Crippen LogP contribution < -0.4 is 10.2 Å². The summed E-state index contributed by atoms with van der Waals surface area (Å²) in [6.45, 7) is 12.0. The normalized spacial score (nSPS) is 13.3. The molecule has 1 unspecified atom stereocenters. The summed E-state index contributed by atoms with van der Waals surface area (Å²) in [6, 6.07) is 12.7. The number of nitrogens with one attached hydrogen (secondary N) is 1. The van der Waals surface area contributed by atoms with E-state index >= 15 is 0 Å². The van der Waals surface area contributed by atoms with Gasteiger partial charge in [-0.15, -0.1) is 0 Å². The number of nitrogens with zero attached hydrogens (tertiary/aromatic N) is 2. The molecule has 10 heteroatoms. The van der Waals surface area contributed by atoms with E-state index in [2.05, 4.69) is 10.3 Å². The van der Waals surface area contributed by atoms with Crippen LogP contribution in [-0.4, -0.2) is 51.2 Å². The lowest BCUT2D eigenvalue weighted by Crippen LogP contribution is -2.44. The zero-order valence-electron chi connectivity index (χ0n) is 23.9. The van der Waals surface area contributed by atoms with Crippen molar-refractivity contribution < 1.29 is 34.1 Å². The molecule has 1 heterocycles. The largest absolute Gasteiger partial charge is 0.479 e. The number of aliphatic hydroxyl groups is 1. The second-order valence-corrected chi connectivity index (χ2v) is 11.5. The molecule has 0 aliphatic carbocycles. The molecule has 2 atom stereocenters. The van der Waals surface area contributed by atoms with Crippen LogP contribution in [0.5, 0.6) is 0 Å². The summed E-state index contributed by atoms with van der Waals surface area (Å²) in [4.78, 5) is 43.5. The number of rotatable bonds is 7.